The van der Waals surface area contributed by atoms with Gasteiger partial charge in [-0.1, -0.05) is 0 Å². The summed E-state index contributed by atoms with van der Waals surface area (Å²) < 4.78 is 16.0. The molecule has 21 heavy (non-hydrogen) atoms. The van der Waals surface area contributed by atoms with Crippen molar-refractivity contribution in [1.82, 2.24) is 0 Å². The Morgan fingerprint density at radius 3 is 2.76 bits per heavy atom. The molecule has 116 valence electrons. The summed E-state index contributed by atoms with van der Waals surface area (Å²) in [5.74, 6) is 0.568. The van der Waals surface area contributed by atoms with Crippen molar-refractivity contribution in [2.45, 2.75) is 39.0 Å². The predicted molar refractivity (Wildman–Crippen MR) is 81.0 cm³/mol. The molecule has 0 radical (unpaired) electrons. The van der Waals surface area contributed by atoms with Crippen LogP contribution in [-0.2, 0) is 22.3 Å². The molecule has 1 aliphatic carbocycles. The van der Waals surface area contributed by atoms with Crippen molar-refractivity contribution in [3.63, 3.8) is 0 Å². The summed E-state index contributed by atoms with van der Waals surface area (Å²) in [6, 6.07) is 3.80. The molecule has 0 aliphatic heterocycles. The summed E-state index contributed by atoms with van der Waals surface area (Å²) in [5, 5.41) is 0. The zero-order chi connectivity index (χ0) is 15.1. The van der Waals surface area contributed by atoms with Gasteiger partial charge in [0.2, 0.25) is 0 Å². The molecular formula is C17H24O4. The Balaban J connectivity index is 2.19. The minimum absolute atomic E-state index is 0.271. The highest BCUT2D eigenvalue weighted by Gasteiger charge is 2.19. The van der Waals surface area contributed by atoms with E-state index in [-0.39, 0.29) is 5.97 Å². The van der Waals surface area contributed by atoms with Crippen molar-refractivity contribution in [1.29, 1.82) is 0 Å². The van der Waals surface area contributed by atoms with E-state index in [4.69, 9.17) is 14.2 Å². The van der Waals surface area contributed by atoms with Crippen LogP contribution in [-0.4, -0.2) is 32.9 Å². The van der Waals surface area contributed by atoms with E-state index in [1.165, 1.54) is 24.0 Å². The van der Waals surface area contributed by atoms with E-state index < -0.39 is 0 Å². The summed E-state index contributed by atoms with van der Waals surface area (Å²) in [7, 11) is 1.68. The van der Waals surface area contributed by atoms with Gasteiger partial charge in [0.15, 0.2) is 0 Å². The largest absolute Gasteiger partial charge is 0.493 e. The molecule has 1 aromatic carbocycles. The average Bonchev–Trinajstić information content (AvgIpc) is 2.51. The average molecular weight is 292 g/mol. The summed E-state index contributed by atoms with van der Waals surface area (Å²) in [5.41, 5.74) is 3.08. The predicted octanol–water partition coefficient (Wildman–Crippen LogP) is 3.16. The summed E-state index contributed by atoms with van der Waals surface area (Å²) in [6.45, 7) is 3.49. The number of rotatable bonds is 7. The number of fused-ring (bicyclic) bond motifs is 1. The molecular weight excluding hydrogens is 268 g/mol. The van der Waals surface area contributed by atoms with Gasteiger partial charge in [-0.25, -0.2) is 4.79 Å². The smallest absolute Gasteiger partial charge is 0.338 e. The van der Waals surface area contributed by atoms with Gasteiger partial charge in [-0.05, 0) is 55.9 Å². The molecule has 0 bridgehead atoms. The number of carbonyl (C=O) groups excluding carboxylic acids is 1. The van der Waals surface area contributed by atoms with Crippen molar-refractivity contribution in [2.24, 2.45) is 0 Å². The van der Waals surface area contributed by atoms with Crippen LogP contribution in [0, 0.1) is 0 Å². The first-order valence-electron chi connectivity index (χ1n) is 7.71. The van der Waals surface area contributed by atoms with Crippen molar-refractivity contribution in [3.05, 3.63) is 28.8 Å². The third kappa shape index (κ3) is 4.21. The molecule has 4 heteroatoms. The second-order valence-corrected chi connectivity index (χ2v) is 5.23. The number of hydrogen-bond donors (Lipinski definition) is 0. The Bertz CT molecular complexity index is 482. The number of methoxy groups -OCH3 is 1. The van der Waals surface area contributed by atoms with Gasteiger partial charge in [0, 0.05) is 20.1 Å². The van der Waals surface area contributed by atoms with Crippen LogP contribution < -0.4 is 4.74 Å². The normalized spacial score (nSPS) is 13.6. The molecule has 0 fully saturated rings. The maximum absolute atomic E-state index is 12.0. The molecule has 0 spiro atoms. The van der Waals surface area contributed by atoms with Gasteiger partial charge in [-0.2, -0.15) is 0 Å². The van der Waals surface area contributed by atoms with Crippen LogP contribution in [0.15, 0.2) is 12.1 Å². The minimum atomic E-state index is -0.271. The maximum atomic E-state index is 12.0. The molecule has 4 nitrogen and oxygen atoms in total. The van der Waals surface area contributed by atoms with Crippen LogP contribution in [0.3, 0.4) is 0 Å². The monoisotopic (exact) mass is 292 g/mol. The highest BCUT2D eigenvalue weighted by atomic mass is 16.5. The van der Waals surface area contributed by atoms with E-state index in [1.54, 1.807) is 7.11 Å². The lowest BCUT2D eigenvalue weighted by Crippen LogP contribution is -2.12. The molecule has 0 saturated carbocycles. The van der Waals surface area contributed by atoms with Crippen molar-refractivity contribution in [3.8, 4) is 5.75 Å². The van der Waals surface area contributed by atoms with Crippen molar-refractivity contribution >= 4 is 5.97 Å². The van der Waals surface area contributed by atoms with E-state index >= 15 is 0 Å². The van der Waals surface area contributed by atoms with Crippen LogP contribution in [0.2, 0.25) is 0 Å². The number of benzene rings is 1. The van der Waals surface area contributed by atoms with Crippen LogP contribution in [0.25, 0.3) is 0 Å². The molecule has 0 saturated heterocycles. The van der Waals surface area contributed by atoms with E-state index in [2.05, 4.69) is 0 Å². The Labute approximate surface area is 126 Å². The Morgan fingerprint density at radius 2 is 2.00 bits per heavy atom. The lowest BCUT2D eigenvalue weighted by atomic mass is 9.89. The van der Waals surface area contributed by atoms with E-state index in [0.29, 0.717) is 25.4 Å². The summed E-state index contributed by atoms with van der Waals surface area (Å²) in [6.07, 6.45) is 5.23. The van der Waals surface area contributed by atoms with Gasteiger partial charge in [0.25, 0.3) is 0 Å². The molecule has 0 unspecified atom stereocenters. The quantitative estimate of drug-likeness (QED) is 0.572. The first-order valence-corrected chi connectivity index (χ1v) is 7.71. The first-order chi connectivity index (χ1) is 10.3. The van der Waals surface area contributed by atoms with Gasteiger partial charge < -0.3 is 14.2 Å². The highest BCUT2D eigenvalue weighted by Crippen LogP contribution is 2.31. The van der Waals surface area contributed by atoms with E-state index in [0.717, 1.165) is 25.0 Å². The summed E-state index contributed by atoms with van der Waals surface area (Å²) in [4.78, 5) is 12.0. The molecule has 0 aromatic heterocycles. The topological polar surface area (TPSA) is 44.8 Å². The SMILES string of the molecule is CCOC(=O)c1cc2c(c(OCCCOC)c1)CCCC2. The van der Waals surface area contributed by atoms with Gasteiger partial charge in [-0.3, -0.25) is 0 Å². The molecule has 1 aliphatic rings. The van der Waals surface area contributed by atoms with Crippen molar-refractivity contribution in [2.75, 3.05) is 26.9 Å². The highest BCUT2D eigenvalue weighted by molar-refractivity contribution is 5.90. The lowest BCUT2D eigenvalue weighted by Gasteiger charge is -2.21. The first kappa shape index (κ1) is 15.8. The second-order valence-electron chi connectivity index (χ2n) is 5.23. The molecule has 0 amide bonds. The van der Waals surface area contributed by atoms with Gasteiger partial charge in [0.05, 0.1) is 18.8 Å². The molecule has 1 aromatic rings. The minimum Gasteiger partial charge on any atom is -0.493 e. The molecule has 0 atom stereocenters. The zero-order valence-corrected chi connectivity index (χ0v) is 12.9. The number of hydrogen-bond acceptors (Lipinski definition) is 4. The fourth-order valence-electron chi connectivity index (χ4n) is 2.67. The Kier molecular flexibility index (Phi) is 6.05. The maximum Gasteiger partial charge on any atom is 0.338 e. The van der Waals surface area contributed by atoms with Crippen LogP contribution in [0.1, 0.15) is 47.7 Å². The van der Waals surface area contributed by atoms with Crippen LogP contribution in [0.4, 0.5) is 0 Å². The molecule has 2 rings (SSSR count). The third-order valence-electron chi connectivity index (χ3n) is 3.69. The standard InChI is InChI=1S/C17H24O4/c1-3-20-17(18)14-11-13-7-4-5-8-15(13)16(12-14)21-10-6-9-19-2/h11-12H,3-10H2,1-2H3. The van der Waals surface area contributed by atoms with Crippen LogP contribution in [0.5, 0.6) is 5.75 Å². The fraction of sp³-hybridized carbons (Fsp3) is 0.588. The van der Waals surface area contributed by atoms with Gasteiger partial charge in [0.1, 0.15) is 5.75 Å². The Morgan fingerprint density at radius 1 is 1.19 bits per heavy atom. The second kappa shape index (κ2) is 8.03. The van der Waals surface area contributed by atoms with Gasteiger partial charge >= 0.3 is 5.97 Å². The molecule has 0 heterocycles. The fourth-order valence-corrected chi connectivity index (χ4v) is 2.67. The molecule has 0 N–H and O–H groups in total. The number of esters is 1. The van der Waals surface area contributed by atoms with Crippen LogP contribution >= 0.6 is 0 Å². The van der Waals surface area contributed by atoms with Crippen molar-refractivity contribution < 1.29 is 19.0 Å². The number of carbonyl (C=O) groups is 1. The Hall–Kier alpha value is -1.55. The van der Waals surface area contributed by atoms with E-state index in [1.807, 2.05) is 19.1 Å². The lowest BCUT2D eigenvalue weighted by molar-refractivity contribution is 0.0525. The number of ether oxygens (including phenoxy) is 3. The third-order valence-corrected chi connectivity index (χ3v) is 3.69. The van der Waals surface area contributed by atoms with Gasteiger partial charge in [-0.15, -0.1) is 0 Å². The number of aryl methyl sites for hydroxylation is 1. The zero-order valence-electron chi connectivity index (χ0n) is 12.9. The van der Waals surface area contributed by atoms with E-state index in [9.17, 15) is 4.79 Å². The summed E-state index contributed by atoms with van der Waals surface area (Å²) >= 11 is 0.